The highest BCUT2D eigenvalue weighted by molar-refractivity contribution is 5.76. The number of nitrogens with one attached hydrogen (secondary N) is 1. The zero-order chi connectivity index (χ0) is 19.5. The largest absolute Gasteiger partial charge is 0.355 e. The Morgan fingerprint density at radius 2 is 1.70 bits per heavy atom. The number of aryl methyl sites for hydroxylation is 1. The fourth-order valence-electron chi connectivity index (χ4n) is 3.28. The Hall–Kier alpha value is -2.64. The van der Waals surface area contributed by atoms with E-state index in [4.69, 9.17) is 5.26 Å². The first-order chi connectivity index (χ1) is 13.2. The van der Waals surface area contributed by atoms with E-state index in [1.807, 2.05) is 18.2 Å². The van der Waals surface area contributed by atoms with E-state index in [2.05, 4.69) is 54.4 Å². The lowest BCUT2D eigenvalue weighted by Gasteiger charge is -2.30. The Morgan fingerprint density at radius 3 is 2.30 bits per heavy atom. The Balaban J connectivity index is 1.86. The number of carbonyl (C=O) groups is 1. The summed E-state index contributed by atoms with van der Waals surface area (Å²) in [5.74, 6) is 0.0737. The summed E-state index contributed by atoms with van der Waals surface area (Å²) in [6.07, 6.45) is 2.08. The van der Waals surface area contributed by atoms with Gasteiger partial charge in [-0.15, -0.1) is 0 Å². The average molecular weight is 364 g/mol. The molecule has 1 amide bonds. The highest BCUT2D eigenvalue weighted by Crippen LogP contribution is 2.09. The fraction of sp³-hybridized carbons (Fsp3) is 0.391. The van der Waals surface area contributed by atoms with Gasteiger partial charge in [-0.2, -0.15) is 5.26 Å². The van der Waals surface area contributed by atoms with E-state index in [0.29, 0.717) is 31.0 Å². The van der Waals surface area contributed by atoms with Crippen LogP contribution in [0.15, 0.2) is 54.6 Å². The molecule has 0 aliphatic rings. The molecule has 27 heavy (non-hydrogen) atoms. The first-order valence-corrected chi connectivity index (χ1v) is 9.70. The van der Waals surface area contributed by atoms with Gasteiger partial charge in [0.15, 0.2) is 0 Å². The number of hydrogen-bond acceptors (Lipinski definition) is 3. The Bertz CT molecular complexity index is 730. The first-order valence-electron chi connectivity index (χ1n) is 9.70. The Morgan fingerprint density at radius 1 is 1.04 bits per heavy atom. The van der Waals surface area contributed by atoms with Gasteiger partial charge in [-0.05, 0) is 49.2 Å². The molecule has 0 spiro atoms. The molecule has 0 saturated heterocycles. The predicted molar refractivity (Wildman–Crippen MR) is 109 cm³/mol. The van der Waals surface area contributed by atoms with Gasteiger partial charge in [0, 0.05) is 19.0 Å². The number of likely N-dealkylation sites (N-methyl/N-ethyl adjacent to an activating group) is 1. The second-order valence-corrected chi connectivity index (χ2v) is 6.68. The van der Waals surface area contributed by atoms with Gasteiger partial charge in [0.25, 0.3) is 0 Å². The maximum atomic E-state index is 12.3. The van der Waals surface area contributed by atoms with Crippen LogP contribution in [0.2, 0.25) is 0 Å². The Labute approximate surface area is 162 Å². The maximum absolute atomic E-state index is 12.3. The van der Waals surface area contributed by atoms with E-state index < -0.39 is 0 Å². The smallest absolute Gasteiger partial charge is 0.220 e. The monoisotopic (exact) mass is 363 g/mol. The van der Waals surface area contributed by atoms with Crippen molar-refractivity contribution in [3.8, 4) is 6.07 Å². The maximum Gasteiger partial charge on any atom is 0.220 e. The van der Waals surface area contributed by atoms with Crippen LogP contribution >= 0.6 is 0 Å². The highest BCUT2D eigenvalue weighted by Gasteiger charge is 2.17. The van der Waals surface area contributed by atoms with Gasteiger partial charge >= 0.3 is 0 Å². The molecule has 0 saturated carbocycles. The van der Waals surface area contributed by atoms with Crippen molar-refractivity contribution in [3.63, 3.8) is 0 Å². The predicted octanol–water partition coefficient (Wildman–Crippen LogP) is 3.56. The molecule has 142 valence electrons. The van der Waals surface area contributed by atoms with E-state index in [1.54, 1.807) is 12.1 Å². The van der Waals surface area contributed by atoms with E-state index in [1.165, 1.54) is 5.56 Å². The molecule has 0 aromatic heterocycles. The summed E-state index contributed by atoms with van der Waals surface area (Å²) < 4.78 is 0. The summed E-state index contributed by atoms with van der Waals surface area (Å²) in [7, 11) is 0. The SMILES string of the molecule is CCN(CC)[C@@H](CNC(=O)CCc1ccc(C#N)cc1)Cc1ccccc1. The van der Waals surface area contributed by atoms with Gasteiger partial charge < -0.3 is 5.32 Å². The summed E-state index contributed by atoms with van der Waals surface area (Å²) >= 11 is 0. The normalized spacial score (nSPS) is 11.8. The number of rotatable bonds is 10. The molecule has 0 aliphatic heterocycles. The van der Waals surface area contributed by atoms with Crippen LogP contribution < -0.4 is 5.32 Å². The molecular formula is C23H29N3O. The van der Waals surface area contributed by atoms with E-state index >= 15 is 0 Å². The van der Waals surface area contributed by atoms with Crippen LogP contribution in [0.3, 0.4) is 0 Å². The molecule has 4 heteroatoms. The molecule has 2 rings (SSSR count). The molecule has 0 heterocycles. The highest BCUT2D eigenvalue weighted by atomic mass is 16.1. The number of hydrogen-bond donors (Lipinski definition) is 1. The number of nitrogens with zero attached hydrogens (tertiary/aromatic N) is 2. The number of nitriles is 1. The minimum absolute atomic E-state index is 0.0737. The summed E-state index contributed by atoms with van der Waals surface area (Å²) in [6, 6.07) is 20.3. The average Bonchev–Trinajstić information content (AvgIpc) is 2.72. The van der Waals surface area contributed by atoms with Crippen LogP contribution in [0.1, 0.15) is 37.0 Å². The third-order valence-electron chi connectivity index (χ3n) is 4.90. The quantitative estimate of drug-likeness (QED) is 0.702. The van der Waals surface area contributed by atoms with Gasteiger partial charge in [-0.1, -0.05) is 56.3 Å². The lowest BCUT2D eigenvalue weighted by molar-refractivity contribution is -0.121. The summed E-state index contributed by atoms with van der Waals surface area (Å²) in [6.45, 7) is 6.91. The van der Waals surface area contributed by atoms with Crippen molar-refractivity contribution in [1.82, 2.24) is 10.2 Å². The Kier molecular flexibility index (Phi) is 8.54. The van der Waals surface area contributed by atoms with Gasteiger partial charge in [-0.25, -0.2) is 0 Å². The second kappa shape index (κ2) is 11.2. The van der Waals surface area contributed by atoms with Crippen LogP contribution in [0.5, 0.6) is 0 Å². The third kappa shape index (κ3) is 6.88. The van der Waals surface area contributed by atoms with Crippen molar-refractivity contribution in [3.05, 3.63) is 71.3 Å². The van der Waals surface area contributed by atoms with Crippen LogP contribution in [-0.4, -0.2) is 36.5 Å². The number of amides is 1. The molecule has 4 nitrogen and oxygen atoms in total. The summed E-state index contributed by atoms with van der Waals surface area (Å²) in [4.78, 5) is 14.7. The zero-order valence-electron chi connectivity index (χ0n) is 16.3. The van der Waals surface area contributed by atoms with E-state index in [9.17, 15) is 4.79 Å². The van der Waals surface area contributed by atoms with Crippen LogP contribution in [-0.2, 0) is 17.6 Å². The van der Waals surface area contributed by atoms with Crippen LogP contribution in [0.25, 0.3) is 0 Å². The van der Waals surface area contributed by atoms with Crippen LogP contribution in [0.4, 0.5) is 0 Å². The zero-order valence-corrected chi connectivity index (χ0v) is 16.3. The number of benzene rings is 2. The van der Waals surface area contributed by atoms with Crippen molar-refractivity contribution in [2.45, 2.75) is 39.2 Å². The van der Waals surface area contributed by atoms with Crippen molar-refractivity contribution in [1.29, 1.82) is 5.26 Å². The molecule has 0 bridgehead atoms. The van der Waals surface area contributed by atoms with Gasteiger partial charge in [0.1, 0.15) is 0 Å². The van der Waals surface area contributed by atoms with Crippen LogP contribution in [0, 0.1) is 11.3 Å². The molecular weight excluding hydrogens is 334 g/mol. The lowest BCUT2D eigenvalue weighted by Crippen LogP contribution is -2.45. The third-order valence-corrected chi connectivity index (χ3v) is 4.90. The molecule has 2 aromatic rings. The molecule has 0 fully saturated rings. The van der Waals surface area contributed by atoms with Crippen molar-refractivity contribution in [2.24, 2.45) is 0 Å². The minimum atomic E-state index is 0.0737. The summed E-state index contributed by atoms with van der Waals surface area (Å²) in [5.41, 5.74) is 3.01. The first kappa shape index (κ1) is 20.7. The fourth-order valence-corrected chi connectivity index (χ4v) is 3.28. The second-order valence-electron chi connectivity index (χ2n) is 6.68. The van der Waals surface area contributed by atoms with E-state index in [-0.39, 0.29) is 5.91 Å². The molecule has 2 aromatic carbocycles. The van der Waals surface area contributed by atoms with Crippen molar-refractivity contribution < 1.29 is 4.79 Å². The van der Waals surface area contributed by atoms with Crippen molar-refractivity contribution >= 4 is 5.91 Å². The van der Waals surface area contributed by atoms with Gasteiger partial charge in [0.05, 0.1) is 11.6 Å². The van der Waals surface area contributed by atoms with Gasteiger partial charge in [-0.3, -0.25) is 9.69 Å². The number of carbonyl (C=O) groups excluding carboxylic acids is 1. The summed E-state index contributed by atoms with van der Waals surface area (Å²) in [5, 5.41) is 12.0. The molecule has 0 unspecified atom stereocenters. The molecule has 0 aliphatic carbocycles. The lowest BCUT2D eigenvalue weighted by atomic mass is 10.0. The molecule has 0 radical (unpaired) electrons. The minimum Gasteiger partial charge on any atom is -0.355 e. The van der Waals surface area contributed by atoms with Gasteiger partial charge in [0.2, 0.25) is 5.91 Å². The molecule has 1 atom stereocenters. The van der Waals surface area contributed by atoms with E-state index in [0.717, 1.165) is 25.1 Å². The topological polar surface area (TPSA) is 56.1 Å². The standard InChI is InChI=1S/C23H29N3O/c1-3-26(4-2)22(16-20-8-6-5-7-9-20)18-25-23(27)15-14-19-10-12-21(17-24)13-11-19/h5-13,22H,3-4,14-16,18H2,1-2H3,(H,25,27)/t22-/m1/s1. The molecule has 1 N–H and O–H groups in total. The van der Waals surface area contributed by atoms with Crippen molar-refractivity contribution in [2.75, 3.05) is 19.6 Å².